The Morgan fingerprint density at radius 1 is 1.19 bits per heavy atom. The summed E-state index contributed by atoms with van der Waals surface area (Å²) in [4.78, 5) is 17.8. The summed E-state index contributed by atoms with van der Waals surface area (Å²) in [6.07, 6.45) is 9.89. The number of amides is 1. The molecule has 26 heavy (non-hydrogen) atoms. The average Bonchev–Trinajstić information content (AvgIpc) is 2.91. The molecule has 0 saturated heterocycles. The molecule has 5 heteroatoms. The van der Waals surface area contributed by atoms with E-state index in [1.165, 1.54) is 38.5 Å². The van der Waals surface area contributed by atoms with E-state index in [4.69, 9.17) is 4.98 Å². The normalized spacial score (nSPS) is 32.3. The standard InChI is InChI=1S/C21H27N3OS/c1-26-13-19-22-17-4-2-3-5-18(17)24(19)12-20(25)23-21-9-14-6-15(10-21)8-16(7-14)11-21/h2-5,14-16H,6-13H2,1H3,(H,23,25). The number of imidazole rings is 1. The predicted molar refractivity (Wildman–Crippen MR) is 106 cm³/mol. The Labute approximate surface area is 159 Å². The van der Waals surface area contributed by atoms with E-state index in [1.54, 1.807) is 11.8 Å². The van der Waals surface area contributed by atoms with Crippen LogP contribution in [-0.4, -0.2) is 27.3 Å². The smallest absolute Gasteiger partial charge is 0.240 e. The number of nitrogens with one attached hydrogen (secondary N) is 1. The first-order valence-corrected chi connectivity index (χ1v) is 11.3. The number of nitrogens with zero attached hydrogens (tertiary/aromatic N) is 2. The van der Waals surface area contributed by atoms with Crippen molar-refractivity contribution in [1.29, 1.82) is 0 Å². The second-order valence-corrected chi connectivity index (χ2v) is 9.65. The van der Waals surface area contributed by atoms with Crippen LogP contribution in [0.3, 0.4) is 0 Å². The molecule has 1 heterocycles. The van der Waals surface area contributed by atoms with Gasteiger partial charge in [-0.15, -0.1) is 0 Å². The number of rotatable bonds is 5. The molecular formula is C21H27N3OS. The number of carbonyl (C=O) groups is 1. The fourth-order valence-electron chi connectivity index (χ4n) is 6.28. The molecule has 4 saturated carbocycles. The molecule has 1 aromatic heterocycles. The van der Waals surface area contributed by atoms with Crippen LogP contribution in [0, 0.1) is 17.8 Å². The lowest BCUT2D eigenvalue weighted by Crippen LogP contribution is -2.60. The zero-order chi connectivity index (χ0) is 17.7. The summed E-state index contributed by atoms with van der Waals surface area (Å²) in [7, 11) is 0. The van der Waals surface area contributed by atoms with E-state index in [1.807, 2.05) is 18.2 Å². The summed E-state index contributed by atoms with van der Waals surface area (Å²) in [6, 6.07) is 8.15. The summed E-state index contributed by atoms with van der Waals surface area (Å²) >= 11 is 1.75. The van der Waals surface area contributed by atoms with Crippen molar-refractivity contribution in [1.82, 2.24) is 14.9 Å². The van der Waals surface area contributed by atoms with Gasteiger partial charge in [-0.2, -0.15) is 11.8 Å². The van der Waals surface area contributed by atoms with E-state index in [-0.39, 0.29) is 11.4 Å². The SMILES string of the molecule is CSCc1nc2ccccc2n1CC(=O)NC12CC3CC(CC(C3)C1)C2. The van der Waals surface area contributed by atoms with E-state index in [9.17, 15) is 4.79 Å². The number of thioether (sulfide) groups is 1. The third-order valence-corrected chi connectivity index (χ3v) is 7.30. The minimum atomic E-state index is 0.0852. The lowest BCUT2D eigenvalue weighted by atomic mass is 9.53. The first-order chi connectivity index (χ1) is 12.6. The molecule has 4 nitrogen and oxygen atoms in total. The van der Waals surface area contributed by atoms with Gasteiger partial charge in [-0.05, 0) is 74.7 Å². The van der Waals surface area contributed by atoms with Crippen LogP contribution in [0.4, 0.5) is 0 Å². The highest BCUT2D eigenvalue weighted by atomic mass is 32.2. The zero-order valence-electron chi connectivity index (χ0n) is 15.4. The molecule has 0 aliphatic heterocycles. The number of benzene rings is 1. The van der Waals surface area contributed by atoms with Crippen LogP contribution in [0.25, 0.3) is 11.0 Å². The van der Waals surface area contributed by atoms with Gasteiger partial charge in [0.1, 0.15) is 12.4 Å². The van der Waals surface area contributed by atoms with E-state index >= 15 is 0 Å². The van der Waals surface area contributed by atoms with Crippen LogP contribution in [0.1, 0.15) is 44.3 Å². The number of aromatic nitrogens is 2. The van der Waals surface area contributed by atoms with Crippen molar-refractivity contribution < 1.29 is 4.79 Å². The molecule has 138 valence electrons. The minimum Gasteiger partial charge on any atom is -0.349 e. The number of hydrogen-bond donors (Lipinski definition) is 1. The molecular weight excluding hydrogens is 342 g/mol. The summed E-state index contributed by atoms with van der Waals surface area (Å²) < 4.78 is 2.11. The van der Waals surface area contributed by atoms with Crippen molar-refractivity contribution in [2.75, 3.05) is 6.26 Å². The Morgan fingerprint density at radius 2 is 1.85 bits per heavy atom. The van der Waals surface area contributed by atoms with Crippen molar-refractivity contribution in [2.45, 2.75) is 56.4 Å². The van der Waals surface area contributed by atoms with Gasteiger partial charge >= 0.3 is 0 Å². The highest BCUT2D eigenvalue weighted by molar-refractivity contribution is 7.97. The number of hydrogen-bond acceptors (Lipinski definition) is 3. The number of para-hydroxylation sites is 2. The summed E-state index contributed by atoms with van der Waals surface area (Å²) in [5.74, 6) is 4.55. The van der Waals surface area contributed by atoms with Gasteiger partial charge in [0.05, 0.1) is 16.8 Å². The predicted octanol–water partition coefficient (Wildman–Crippen LogP) is 3.98. The maximum atomic E-state index is 13.0. The summed E-state index contributed by atoms with van der Waals surface area (Å²) in [5.41, 5.74) is 2.14. The Kier molecular flexibility index (Phi) is 4.03. The molecule has 1 amide bonds. The van der Waals surface area contributed by atoms with Crippen LogP contribution in [0.5, 0.6) is 0 Å². The van der Waals surface area contributed by atoms with Crippen molar-refractivity contribution in [3.8, 4) is 0 Å². The van der Waals surface area contributed by atoms with Crippen LogP contribution in [0.2, 0.25) is 0 Å². The van der Waals surface area contributed by atoms with Crippen LogP contribution >= 0.6 is 11.8 Å². The topological polar surface area (TPSA) is 46.9 Å². The zero-order valence-corrected chi connectivity index (χ0v) is 16.2. The Morgan fingerprint density at radius 3 is 2.50 bits per heavy atom. The van der Waals surface area contributed by atoms with Crippen LogP contribution < -0.4 is 5.32 Å². The highest BCUT2D eigenvalue weighted by Gasteiger charge is 2.51. The molecule has 4 aliphatic rings. The molecule has 1 aromatic carbocycles. The Balaban J connectivity index is 1.38. The first kappa shape index (κ1) is 16.7. The lowest BCUT2D eigenvalue weighted by molar-refractivity contribution is -0.127. The third-order valence-electron chi connectivity index (χ3n) is 6.75. The van der Waals surface area contributed by atoms with Crippen molar-refractivity contribution in [3.05, 3.63) is 30.1 Å². The minimum absolute atomic E-state index is 0.0852. The molecule has 4 fully saturated rings. The van der Waals surface area contributed by atoms with Gasteiger partial charge in [0.25, 0.3) is 0 Å². The van der Waals surface area contributed by atoms with Crippen LogP contribution in [-0.2, 0) is 17.1 Å². The van der Waals surface area contributed by atoms with Gasteiger partial charge in [0.15, 0.2) is 0 Å². The largest absolute Gasteiger partial charge is 0.349 e. The number of fused-ring (bicyclic) bond motifs is 1. The van der Waals surface area contributed by atoms with Crippen molar-refractivity contribution >= 4 is 28.7 Å². The quantitative estimate of drug-likeness (QED) is 0.867. The van der Waals surface area contributed by atoms with Gasteiger partial charge in [-0.1, -0.05) is 12.1 Å². The second kappa shape index (κ2) is 6.29. The summed E-state index contributed by atoms with van der Waals surface area (Å²) in [5, 5.41) is 3.50. The molecule has 2 aromatic rings. The molecule has 0 spiro atoms. The van der Waals surface area contributed by atoms with E-state index in [2.05, 4.69) is 22.2 Å². The van der Waals surface area contributed by atoms with E-state index in [0.717, 1.165) is 40.4 Å². The molecule has 4 bridgehead atoms. The number of carbonyl (C=O) groups excluding carboxylic acids is 1. The van der Waals surface area contributed by atoms with Gasteiger partial charge in [0, 0.05) is 5.54 Å². The lowest BCUT2D eigenvalue weighted by Gasteiger charge is -2.56. The molecule has 0 atom stereocenters. The van der Waals surface area contributed by atoms with Gasteiger partial charge in [-0.3, -0.25) is 4.79 Å². The average molecular weight is 370 g/mol. The Hall–Kier alpha value is -1.49. The van der Waals surface area contributed by atoms with Gasteiger partial charge < -0.3 is 9.88 Å². The molecule has 6 rings (SSSR count). The maximum absolute atomic E-state index is 13.0. The highest BCUT2D eigenvalue weighted by Crippen LogP contribution is 2.55. The van der Waals surface area contributed by atoms with Crippen molar-refractivity contribution in [2.24, 2.45) is 17.8 Å². The van der Waals surface area contributed by atoms with Crippen LogP contribution in [0.15, 0.2) is 24.3 Å². The van der Waals surface area contributed by atoms with Crippen molar-refractivity contribution in [3.63, 3.8) is 0 Å². The first-order valence-electron chi connectivity index (χ1n) is 9.88. The molecule has 0 unspecified atom stereocenters. The van der Waals surface area contributed by atoms with E-state index < -0.39 is 0 Å². The molecule has 1 N–H and O–H groups in total. The third kappa shape index (κ3) is 2.84. The Bertz CT molecular complexity index is 808. The molecule has 4 aliphatic carbocycles. The fourth-order valence-corrected chi connectivity index (χ4v) is 6.76. The van der Waals surface area contributed by atoms with Gasteiger partial charge in [0.2, 0.25) is 5.91 Å². The van der Waals surface area contributed by atoms with Gasteiger partial charge in [-0.25, -0.2) is 4.98 Å². The maximum Gasteiger partial charge on any atom is 0.240 e. The molecule has 0 radical (unpaired) electrons. The summed E-state index contributed by atoms with van der Waals surface area (Å²) in [6.45, 7) is 0.387. The fraction of sp³-hybridized carbons (Fsp3) is 0.619. The second-order valence-electron chi connectivity index (χ2n) is 8.78. The monoisotopic (exact) mass is 369 g/mol. The van der Waals surface area contributed by atoms with E-state index in [0.29, 0.717) is 6.54 Å².